The number of ether oxygens (including phenoxy) is 1. The molecule has 2 N–H and O–H groups in total. The number of thiocarbonyl (C=S) groups is 1. The van der Waals surface area contributed by atoms with Gasteiger partial charge in [-0.15, -0.1) is 0 Å². The van der Waals surface area contributed by atoms with E-state index in [2.05, 4.69) is 10.6 Å². The van der Waals surface area contributed by atoms with Gasteiger partial charge in [0.25, 0.3) is 0 Å². The molecular formula is C16H16N2O2S. The predicted molar refractivity (Wildman–Crippen MR) is 88.8 cm³/mol. The molecule has 0 spiro atoms. The molecule has 0 amide bonds. The number of carbonyl (C=O) groups is 1. The normalized spacial score (nSPS) is 9.81. The van der Waals surface area contributed by atoms with E-state index < -0.39 is 5.97 Å². The average Bonchev–Trinajstić information content (AvgIpc) is 2.49. The van der Waals surface area contributed by atoms with E-state index in [0.717, 1.165) is 5.69 Å². The Morgan fingerprint density at radius 1 is 1.05 bits per heavy atom. The van der Waals surface area contributed by atoms with Gasteiger partial charge in [0.15, 0.2) is 5.11 Å². The number of esters is 1. The van der Waals surface area contributed by atoms with E-state index in [9.17, 15) is 4.79 Å². The van der Waals surface area contributed by atoms with Crippen LogP contribution in [0.5, 0.6) is 0 Å². The Balaban J connectivity index is 2.09. The van der Waals surface area contributed by atoms with Gasteiger partial charge in [-0.1, -0.05) is 29.8 Å². The minimum atomic E-state index is -0.406. The van der Waals surface area contributed by atoms with Crippen LogP contribution in [0.3, 0.4) is 0 Å². The summed E-state index contributed by atoms with van der Waals surface area (Å²) in [5.74, 6) is -0.406. The van der Waals surface area contributed by atoms with Gasteiger partial charge < -0.3 is 15.4 Å². The minimum Gasteiger partial charge on any atom is -0.465 e. The van der Waals surface area contributed by atoms with Crippen molar-refractivity contribution in [1.82, 2.24) is 0 Å². The van der Waals surface area contributed by atoms with E-state index in [1.54, 1.807) is 18.2 Å². The summed E-state index contributed by atoms with van der Waals surface area (Å²) in [6.07, 6.45) is 0. The molecule has 4 nitrogen and oxygen atoms in total. The number of carbonyl (C=O) groups excluding carboxylic acids is 1. The number of anilines is 2. The van der Waals surface area contributed by atoms with E-state index in [4.69, 9.17) is 17.0 Å². The van der Waals surface area contributed by atoms with Crippen LogP contribution in [0, 0.1) is 6.92 Å². The van der Waals surface area contributed by atoms with Gasteiger partial charge in [0.1, 0.15) is 0 Å². The van der Waals surface area contributed by atoms with Crippen LogP contribution >= 0.6 is 12.2 Å². The maximum atomic E-state index is 11.7. The zero-order chi connectivity index (χ0) is 15.2. The highest BCUT2D eigenvalue weighted by molar-refractivity contribution is 7.80. The SMILES string of the molecule is COC(=O)c1ccccc1NC(=S)Nc1ccc(C)cc1. The lowest BCUT2D eigenvalue weighted by Crippen LogP contribution is -2.20. The van der Waals surface area contributed by atoms with Gasteiger partial charge in [-0.2, -0.15) is 0 Å². The van der Waals surface area contributed by atoms with E-state index in [1.807, 2.05) is 37.3 Å². The van der Waals surface area contributed by atoms with Crippen molar-refractivity contribution in [2.45, 2.75) is 6.92 Å². The number of benzene rings is 2. The maximum Gasteiger partial charge on any atom is 0.339 e. The summed E-state index contributed by atoms with van der Waals surface area (Å²) in [6.45, 7) is 2.02. The number of para-hydroxylation sites is 1. The number of nitrogens with one attached hydrogen (secondary N) is 2. The second-order valence-electron chi connectivity index (χ2n) is 4.48. The molecule has 0 bridgehead atoms. The Morgan fingerprint density at radius 3 is 2.38 bits per heavy atom. The fourth-order valence-electron chi connectivity index (χ4n) is 1.80. The molecule has 2 rings (SSSR count). The molecule has 0 aliphatic rings. The van der Waals surface area contributed by atoms with Crippen LogP contribution in [-0.4, -0.2) is 18.2 Å². The highest BCUT2D eigenvalue weighted by Crippen LogP contribution is 2.17. The van der Waals surface area contributed by atoms with Crippen molar-refractivity contribution in [3.63, 3.8) is 0 Å². The van der Waals surface area contributed by atoms with Gasteiger partial charge in [-0.25, -0.2) is 4.79 Å². The molecule has 0 fully saturated rings. The summed E-state index contributed by atoms with van der Waals surface area (Å²) in [6, 6.07) is 14.9. The highest BCUT2D eigenvalue weighted by Gasteiger charge is 2.11. The molecule has 0 aliphatic heterocycles. The molecule has 0 aliphatic carbocycles. The van der Waals surface area contributed by atoms with E-state index in [0.29, 0.717) is 16.4 Å². The number of hydrogen-bond acceptors (Lipinski definition) is 3. The Kier molecular flexibility index (Phi) is 4.90. The minimum absolute atomic E-state index is 0.406. The summed E-state index contributed by atoms with van der Waals surface area (Å²) in [4.78, 5) is 11.7. The molecule has 0 heterocycles. The zero-order valence-electron chi connectivity index (χ0n) is 11.8. The quantitative estimate of drug-likeness (QED) is 0.670. The van der Waals surface area contributed by atoms with Gasteiger partial charge in [0.2, 0.25) is 0 Å². The average molecular weight is 300 g/mol. The van der Waals surface area contributed by atoms with Gasteiger partial charge in [-0.3, -0.25) is 0 Å². The van der Waals surface area contributed by atoms with Crippen LogP contribution in [0.15, 0.2) is 48.5 Å². The lowest BCUT2D eigenvalue weighted by atomic mass is 10.2. The zero-order valence-corrected chi connectivity index (χ0v) is 12.7. The molecule has 0 saturated carbocycles. The van der Waals surface area contributed by atoms with Crippen LogP contribution < -0.4 is 10.6 Å². The van der Waals surface area contributed by atoms with Crippen molar-refractivity contribution in [3.8, 4) is 0 Å². The summed E-state index contributed by atoms with van der Waals surface area (Å²) < 4.78 is 4.75. The molecular weight excluding hydrogens is 284 g/mol. The van der Waals surface area contributed by atoms with Gasteiger partial charge in [0, 0.05) is 5.69 Å². The molecule has 0 unspecified atom stereocenters. The molecule has 108 valence electrons. The molecule has 0 saturated heterocycles. The predicted octanol–water partition coefficient (Wildman–Crippen LogP) is 3.59. The Bertz CT molecular complexity index is 654. The van der Waals surface area contributed by atoms with Crippen molar-refractivity contribution in [3.05, 3.63) is 59.7 Å². The Labute approximate surface area is 129 Å². The first-order valence-corrected chi connectivity index (χ1v) is 6.83. The Morgan fingerprint density at radius 2 is 1.71 bits per heavy atom. The van der Waals surface area contributed by atoms with Crippen molar-refractivity contribution >= 4 is 34.7 Å². The van der Waals surface area contributed by atoms with E-state index >= 15 is 0 Å². The molecule has 0 aromatic heterocycles. The molecule has 5 heteroatoms. The number of rotatable bonds is 3. The lowest BCUT2D eigenvalue weighted by Gasteiger charge is -2.13. The second kappa shape index (κ2) is 6.85. The fourth-order valence-corrected chi connectivity index (χ4v) is 2.03. The third kappa shape index (κ3) is 4.03. The third-order valence-electron chi connectivity index (χ3n) is 2.89. The molecule has 2 aromatic rings. The highest BCUT2D eigenvalue weighted by atomic mass is 32.1. The van der Waals surface area contributed by atoms with Gasteiger partial charge >= 0.3 is 5.97 Å². The van der Waals surface area contributed by atoms with Gasteiger partial charge in [-0.05, 0) is 43.4 Å². The standard InChI is InChI=1S/C16H16N2O2S/c1-11-7-9-12(10-8-11)17-16(21)18-14-6-4-3-5-13(14)15(19)20-2/h3-10H,1-2H3,(H2,17,18,21). The van der Waals surface area contributed by atoms with Crippen LogP contribution in [0.4, 0.5) is 11.4 Å². The first-order chi connectivity index (χ1) is 10.1. The number of methoxy groups -OCH3 is 1. The van der Waals surface area contributed by atoms with Crippen LogP contribution in [0.25, 0.3) is 0 Å². The largest absolute Gasteiger partial charge is 0.465 e. The second-order valence-corrected chi connectivity index (χ2v) is 4.89. The molecule has 0 radical (unpaired) electrons. The monoisotopic (exact) mass is 300 g/mol. The Hall–Kier alpha value is -2.40. The summed E-state index contributed by atoms with van der Waals surface area (Å²) in [5.41, 5.74) is 3.10. The van der Waals surface area contributed by atoms with Crippen molar-refractivity contribution in [2.75, 3.05) is 17.7 Å². The first kappa shape index (κ1) is 15.0. The third-order valence-corrected chi connectivity index (χ3v) is 3.09. The fraction of sp³-hybridized carbons (Fsp3) is 0.125. The molecule has 0 atom stereocenters. The molecule has 21 heavy (non-hydrogen) atoms. The number of hydrogen-bond donors (Lipinski definition) is 2. The van der Waals surface area contributed by atoms with Crippen molar-refractivity contribution in [2.24, 2.45) is 0 Å². The van der Waals surface area contributed by atoms with Gasteiger partial charge in [0.05, 0.1) is 18.4 Å². The summed E-state index contributed by atoms with van der Waals surface area (Å²) in [5, 5.41) is 6.49. The van der Waals surface area contributed by atoms with Crippen LogP contribution in [0.2, 0.25) is 0 Å². The first-order valence-electron chi connectivity index (χ1n) is 6.42. The maximum absolute atomic E-state index is 11.7. The van der Waals surface area contributed by atoms with Crippen LogP contribution in [-0.2, 0) is 4.74 Å². The summed E-state index contributed by atoms with van der Waals surface area (Å²) in [7, 11) is 1.35. The summed E-state index contributed by atoms with van der Waals surface area (Å²) >= 11 is 5.26. The topological polar surface area (TPSA) is 50.4 Å². The lowest BCUT2D eigenvalue weighted by molar-refractivity contribution is 0.0602. The van der Waals surface area contributed by atoms with Crippen molar-refractivity contribution < 1.29 is 9.53 Å². The molecule has 2 aromatic carbocycles. The number of aryl methyl sites for hydroxylation is 1. The van der Waals surface area contributed by atoms with E-state index in [1.165, 1.54) is 12.7 Å². The van der Waals surface area contributed by atoms with Crippen LogP contribution in [0.1, 0.15) is 15.9 Å². The van der Waals surface area contributed by atoms with E-state index in [-0.39, 0.29) is 0 Å². The smallest absolute Gasteiger partial charge is 0.339 e. The van der Waals surface area contributed by atoms with Crippen molar-refractivity contribution in [1.29, 1.82) is 0 Å².